The molecule has 2 unspecified atom stereocenters. The smallest absolute Gasteiger partial charge is 0.317 e. The number of aliphatic hydroxyl groups is 2. The number of hydrogen-bond acceptors (Lipinski definition) is 14. The van der Waals surface area contributed by atoms with Gasteiger partial charge < -0.3 is 38.8 Å². The van der Waals surface area contributed by atoms with E-state index in [0.29, 0.717) is 38.8 Å². The zero-order chi connectivity index (χ0) is 46.4. The van der Waals surface area contributed by atoms with Crippen LogP contribution in [-0.4, -0.2) is 164 Å². The molecule has 4 aliphatic rings. The Morgan fingerprint density at radius 3 is 0.951 bits per heavy atom. The van der Waals surface area contributed by atoms with Crippen LogP contribution in [-0.2, 0) is 38.2 Å². The van der Waals surface area contributed by atoms with Gasteiger partial charge in [-0.1, -0.05) is 0 Å². The lowest BCUT2D eigenvalue weighted by Gasteiger charge is -2.55. The highest BCUT2D eigenvalue weighted by Crippen LogP contribution is 2.44. The summed E-state index contributed by atoms with van der Waals surface area (Å²) in [7, 11) is 3.43. The van der Waals surface area contributed by atoms with Gasteiger partial charge in [0.05, 0.1) is 51.8 Å². The van der Waals surface area contributed by atoms with Crippen LogP contribution in [0.5, 0.6) is 0 Å². The minimum atomic E-state index is -0.698. The maximum atomic E-state index is 13.3. The first-order valence-electron chi connectivity index (χ1n) is 22.9. The number of carbonyl (C=O) groups is 2. The van der Waals surface area contributed by atoms with Crippen LogP contribution in [0.4, 0.5) is 0 Å². The molecule has 14 nitrogen and oxygen atoms in total. The van der Waals surface area contributed by atoms with Crippen molar-refractivity contribution >= 4 is 11.9 Å². The molecule has 0 aromatic rings. The fourth-order valence-electron chi connectivity index (χ4n) is 12.8. The summed E-state index contributed by atoms with van der Waals surface area (Å²) in [5, 5.41) is 26.6. The Kier molecular flexibility index (Phi) is 16.1. The summed E-state index contributed by atoms with van der Waals surface area (Å²) in [6.45, 7) is 35.4. The van der Waals surface area contributed by atoms with E-state index in [2.05, 4.69) is 131 Å². The van der Waals surface area contributed by atoms with Crippen molar-refractivity contribution in [2.24, 2.45) is 0 Å². The molecule has 0 aromatic carbocycles. The quantitative estimate of drug-likeness (QED) is 0.130. The standard InChI is InChI=1S/C47H88N4O10/c1-40(2)24-36(25-41(3,4)48(40)28-32(52)30-58-34-20-44(9,10)50(56-17)45(11,12)21-34)60-38(54)19-39(55)61-37-26-42(5,6)49(43(7,8)27-37)29-33(53)31-59-35-22-46(13,14)51(57-18)47(15,16)23-35/h32-37,52-53H,19-31H2,1-18H3. The van der Waals surface area contributed by atoms with Crippen LogP contribution in [0.25, 0.3) is 0 Å². The fourth-order valence-corrected chi connectivity index (χ4v) is 12.8. The lowest BCUT2D eigenvalue weighted by atomic mass is 9.77. The van der Waals surface area contributed by atoms with Crippen LogP contribution < -0.4 is 0 Å². The van der Waals surface area contributed by atoms with Gasteiger partial charge in [0, 0.05) is 83.1 Å². The SMILES string of the molecule is CON1C(C)(C)CC(OCC(O)CN2C(C)(C)CC(OC(=O)CC(=O)OC3CC(C)(C)N(CC(O)COC4CC(C)(C)N(OC)C(C)(C)C4)C(C)(C)C3)CC2(C)C)CC1(C)C. The Bertz CT molecular complexity index is 1310. The average Bonchev–Trinajstić information content (AvgIpc) is 3.03. The number of β-amino-alcohol motifs (C(OH)–C–C–N with tert-alkyl or cyclic N) is 2. The van der Waals surface area contributed by atoms with Crippen molar-refractivity contribution < 1.29 is 48.4 Å². The highest BCUT2D eigenvalue weighted by Gasteiger charge is 2.51. The summed E-state index contributed by atoms with van der Waals surface area (Å²) in [4.78, 5) is 42.6. The number of aliphatic hydroxyl groups excluding tert-OH is 2. The molecule has 2 N–H and O–H groups in total. The van der Waals surface area contributed by atoms with Gasteiger partial charge in [0.2, 0.25) is 0 Å². The van der Waals surface area contributed by atoms with Crippen LogP contribution in [0, 0.1) is 0 Å². The van der Waals surface area contributed by atoms with Crippen LogP contribution in [0.15, 0.2) is 0 Å². The van der Waals surface area contributed by atoms with E-state index in [1.165, 1.54) is 0 Å². The number of hydroxylamine groups is 4. The summed E-state index contributed by atoms with van der Waals surface area (Å²) in [6, 6.07) is 0. The van der Waals surface area contributed by atoms with Crippen LogP contribution in [0.2, 0.25) is 0 Å². The number of nitrogens with zero attached hydrogens (tertiary/aromatic N) is 4. The third kappa shape index (κ3) is 12.9. The van der Waals surface area contributed by atoms with E-state index in [9.17, 15) is 19.8 Å². The normalized spacial score (nSPS) is 28.3. The van der Waals surface area contributed by atoms with Gasteiger partial charge in [0.25, 0.3) is 0 Å². The van der Waals surface area contributed by atoms with Gasteiger partial charge in [0.1, 0.15) is 18.6 Å². The Balaban J connectivity index is 1.24. The number of carbonyl (C=O) groups excluding carboxylic acids is 2. The van der Waals surface area contributed by atoms with Crippen LogP contribution >= 0.6 is 0 Å². The fraction of sp³-hybridized carbons (Fsp3) is 0.957. The number of likely N-dealkylation sites (tertiary alicyclic amines) is 2. The highest BCUT2D eigenvalue weighted by molar-refractivity contribution is 5.91. The molecule has 4 fully saturated rings. The van der Waals surface area contributed by atoms with Gasteiger partial charge in [-0.05, 0) is 136 Å². The summed E-state index contributed by atoms with van der Waals surface area (Å²) in [6.07, 6.45) is 2.77. The molecular formula is C47H88N4O10. The Morgan fingerprint density at radius 1 is 0.459 bits per heavy atom. The van der Waals surface area contributed by atoms with E-state index in [1.807, 2.05) is 0 Å². The lowest BCUT2D eigenvalue weighted by molar-refractivity contribution is -0.281. The molecule has 0 radical (unpaired) electrons. The van der Waals surface area contributed by atoms with Gasteiger partial charge in [-0.3, -0.25) is 19.4 Å². The second kappa shape index (κ2) is 18.8. The molecule has 4 rings (SSSR count). The van der Waals surface area contributed by atoms with E-state index < -0.39 is 64.9 Å². The van der Waals surface area contributed by atoms with E-state index in [0.717, 1.165) is 25.7 Å². The summed E-state index contributed by atoms with van der Waals surface area (Å²) >= 11 is 0. The number of piperidine rings is 4. The van der Waals surface area contributed by atoms with Crippen LogP contribution in [0.1, 0.15) is 169 Å². The molecule has 0 amide bonds. The van der Waals surface area contributed by atoms with Crippen molar-refractivity contribution in [1.29, 1.82) is 0 Å². The van der Waals surface area contributed by atoms with E-state index in [1.54, 1.807) is 14.2 Å². The van der Waals surface area contributed by atoms with E-state index in [-0.39, 0.29) is 47.6 Å². The number of esters is 2. The molecule has 0 aliphatic carbocycles. The van der Waals surface area contributed by atoms with E-state index >= 15 is 0 Å². The third-order valence-corrected chi connectivity index (χ3v) is 14.0. The van der Waals surface area contributed by atoms with Gasteiger partial charge >= 0.3 is 11.9 Å². The molecule has 0 spiro atoms. The van der Waals surface area contributed by atoms with Gasteiger partial charge in [0.15, 0.2) is 0 Å². The molecule has 2 atom stereocenters. The zero-order valence-electron chi connectivity index (χ0n) is 41.6. The second-order valence-electron chi connectivity index (χ2n) is 23.9. The Hall–Kier alpha value is -1.46. The van der Waals surface area contributed by atoms with Crippen molar-refractivity contribution in [3.63, 3.8) is 0 Å². The first-order valence-corrected chi connectivity index (χ1v) is 22.9. The molecule has 0 saturated carbocycles. The molecule has 4 aliphatic heterocycles. The first-order chi connectivity index (χ1) is 27.7. The van der Waals surface area contributed by atoms with Crippen LogP contribution in [0.3, 0.4) is 0 Å². The molecule has 61 heavy (non-hydrogen) atoms. The summed E-state index contributed by atoms with van der Waals surface area (Å²) < 4.78 is 24.6. The molecule has 4 saturated heterocycles. The predicted molar refractivity (Wildman–Crippen MR) is 237 cm³/mol. The summed E-state index contributed by atoms with van der Waals surface area (Å²) in [5.74, 6) is -1.18. The van der Waals surface area contributed by atoms with Crippen molar-refractivity contribution in [2.75, 3.05) is 40.5 Å². The first kappa shape index (κ1) is 52.2. The molecular weight excluding hydrogens is 781 g/mol. The molecule has 4 heterocycles. The third-order valence-electron chi connectivity index (χ3n) is 14.0. The second-order valence-corrected chi connectivity index (χ2v) is 23.9. The minimum Gasteiger partial charge on any atom is -0.462 e. The largest absolute Gasteiger partial charge is 0.462 e. The summed E-state index contributed by atoms with van der Waals surface area (Å²) in [5.41, 5.74) is -2.44. The Morgan fingerprint density at radius 2 is 0.705 bits per heavy atom. The van der Waals surface area contributed by atoms with Crippen molar-refractivity contribution in [1.82, 2.24) is 19.9 Å². The lowest BCUT2D eigenvalue weighted by Crippen LogP contribution is -2.64. The highest BCUT2D eigenvalue weighted by atomic mass is 16.7. The Labute approximate surface area is 369 Å². The maximum Gasteiger partial charge on any atom is 0.317 e. The average molecular weight is 869 g/mol. The molecule has 0 aromatic heterocycles. The van der Waals surface area contributed by atoms with Crippen molar-refractivity contribution in [2.45, 2.75) is 250 Å². The molecule has 14 heteroatoms. The monoisotopic (exact) mass is 869 g/mol. The molecule has 0 bridgehead atoms. The van der Waals surface area contributed by atoms with Crippen molar-refractivity contribution in [3.8, 4) is 0 Å². The number of ether oxygens (including phenoxy) is 4. The number of rotatable bonds is 16. The van der Waals surface area contributed by atoms with Gasteiger partial charge in [-0.15, -0.1) is 0 Å². The topological polar surface area (TPSA) is 143 Å². The maximum absolute atomic E-state index is 13.3. The van der Waals surface area contributed by atoms with Gasteiger partial charge in [-0.25, -0.2) is 0 Å². The zero-order valence-corrected chi connectivity index (χ0v) is 41.6. The van der Waals surface area contributed by atoms with Gasteiger partial charge in [-0.2, -0.15) is 10.1 Å². The van der Waals surface area contributed by atoms with Crippen molar-refractivity contribution in [3.05, 3.63) is 0 Å². The number of hydrogen-bond donors (Lipinski definition) is 2. The van der Waals surface area contributed by atoms with E-state index in [4.69, 9.17) is 28.6 Å². The minimum absolute atomic E-state index is 0.00336. The molecule has 356 valence electrons. The predicted octanol–water partition coefficient (Wildman–Crippen LogP) is 6.43.